The van der Waals surface area contributed by atoms with Gasteiger partial charge in [-0.3, -0.25) is 14.5 Å². The summed E-state index contributed by atoms with van der Waals surface area (Å²) in [5.74, 6) is -0.0799. The normalized spacial score (nSPS) is 24.0. The Balaban J connectivity index is 2.43. The second-order valence-corrected chi connectivity index (χ2v) is 6.95. The minimum atomic E-state index is -0.521. The van der Waals surface area contributed by atoms with Crippen LogP contribution in [-0.2, 0) is 9.59 Å². The van der Waals surface area contributed by atoms with E-state index in [9.17, 15) is 9.59 Å². The van der Waals surface area contributed by atoms with Crippen molar-refractivity contribution >= 4 is 51.7 Å². The molecule has 0 aromatic heterocycles. The molecule has 21 heavy (non-hydrogen) atoms. The second-order valence-electron chi connectivity index (χ2n) is 5.35. The van der Waals surface area contributed by atoms with Crippen LogP contribution in [-0.4, -0.2) is 23.9 Å². The van der Waals surface area contributed by atoms with Crippen molar-refractivity contribution in [2.24, 2.45) is 5.92 Å². The highest BCUT2D eigenvalue weighted by Gasteiger charge is 2.41. The van der Waals surface area contributed by atoms with Crippen LogP contribution in [0, 0.1) is 9.49 Å². The Labute approximate surface area is 143 Å². The largest absolute Gasteiger partial charge is 0.342 e. The third-order valence-corrected chi connectivity index (χ3v) is 5.05. The van der Waals surface area contributed by atoms with Crippen LogP contribution in [0.3, 0.4) is 0 Å². The number of rotatable bonds is 3. The summed E-state index contributed by atoms with van der Waals surface area (Å²) >= 11 is 8.11. The SMILES string of the molecule is CCC(C)C1NC(=O)C(C)N(c2ccc(Cl)cc2I)C1=O. The summed E-state index contributed by atoms with van der Waals surface area (Å²) in [5, 5.41) is 3.45. The summed E-state index contributed by atoms with van der Waals surface area (Å²) in [5.41, 5.74) is 0.737. The van der Waals surface area contributed by atoms with Crippen LogP contribution in [0.15, 0.2) is 18.2 Å². The summed E-state index contributed by atoms with van der Waals surface area (Å²) in [6.07, 6.45) is 0.830. The average Bonchev–Trinajstić information content (AvgIpc) is 2.44. The number of anilines is 1. The van der Waals surface area contributed by atoms with E-state index in [0.717, 1.165) is 15.7 Å². The van der Waals surface area contributed by atoms with E-state index in [1.54, 1.807) is 30.0 Å². The van der Waals surface area contributed by atoms with E-state index in [-0.39, 0.29) is 17.7 Å². The first kappa shape index (κ1) is 16.5. The van der Waals surface area contributed by atoms with E-state index in [1.807, 2.05) is 13.8 Å². The van der Waals surface area contributed by atoms with Crippen molar-refractivity contribution in [3.63, 3.8) is 0 Å². The zero-order chi connectivity index (χ0) is 15.7. The summed E-state index contributed by atoms with van der Waals surface area (Å²) < 4.78 is 0.859. The number of nitrogens with zero attached hydrogens (tertiary/aromatic N) is 1. The monoisotopic (exact) mass is 420 g/mol. The maximum Gasteiger partial charge on any atom is 0.250 e. The molecule has 1 aliphatic rings. The van der Waals surface area contributed by atoms with Crippen LogP contribution in [0.4, 0.5) is 5.69 Å². The van der Waals surface area contributed by atoms with Gasteiger partial charge in [-0.25, -0.2) is 0 Å². The predicted molar refractivity (Wildman–Crippen MR) is 92.5 cm³/mol. The van der Waals surface area contributed by atoms with Crippen LogP contribution in [0.2, 0.25) is 5.02 Å². The fourth-order valence-corrected chi connectivity index (χ4v) is 3.55. The van der Waals surface area contributed by atoms with Gasteiger partial charge in [0.2, 0.25) is 5.91 Å². The fourth-order valence-electron chi connectivity index (χ4n) is 2.42. The molecule has 0 spiro atoms. The fraction of sp³-hybridized carbons (Fsp3) is 0.467. The second kappa shape index (κ2) is 6.52. The number of carbonyl (C=O) groups excluding carboxylic acids is 2. The van der Waals surface area contributed by atoms with Gasteiger partial charge in [0, 0.05) is 8.59 Å². The highest BCUT2D eigenvalue weighted by atomic mass is 127. The first-order valence-electron chi connectivity index (χ1n) is 6.95. The number of nitrogens with one attached hydrogen (secondary N) is 1. The molecule has 3 atom stereocenters. The van der Waals surface area contributed by atoms with E-state index < -0.39 is 12.1 Å². The molecule has 4 nitrogen and oxygen atoms in total. The molecule has 1 fully saturated rings. The molecule has 1 aromatic rings. The quantitative estimate of drug-likeness (QED) is 0.764. The topological polar surface area (TPSA) is 49.4 Å². The average molecular weight is 421 g/mol. The lowest BCUT2D eigenvalue weighted by Gasteiger charge is -2.39. The molecule has 3 unspecified atom stereocenters. The summed E-state index contributed by atoms with van der Waals surface area (Å²) in [6, 6.07) is 4.34. The summed E-state index contributed by atoms with van der Waals surface area (Å²) in [4.78, 5) is 26.6. The van der Waals surface area contributed by atoms with Crippen molar-refractivity contribution in [1.82, 2.24) is 5.32 Å². The van der Waals surface area contributed by atoms with E-state index in [2.05, 4.69) is 27.9 Å². The molecule has 1 N–H and O–H groups in total. The van der Waals surface area contributed by atoms with Gasteiger partial charge in [0.15, 0.2) is 0 Å². The van der Waals surface area contributed by atoms with Crippen LogP contribution in [0.1, 0.15) is 27.2 Å². The molecular weight excluding hydrogens is 403 g/mol. The van der Waals surface area contributed by atoms with Crippen LogP contribution in [0.5, 0.6) is 0 Å². The molecule has 0 saturated carbocycles. The van der Waals surface area contributed by atoms with Gasteiger partial charge in [0.1, 0.15) is 12.1 Å². The first-order valence-corrected chi connectivity index (χ1v) is 8.41. The van der Waals surface area contributed by atoms with Crippen molar-refractivity contribution in [1.29, 1.82) is 0 Å². The number of carbonyl (C=O) groups is 2. The van der Waals surface area contributed by atoms with E-state index in [4.69, 9.17) is 11.6 Å². The lowest BCUT2D eigenvalue weighted by molar-refractivity contribution is -0.134. The zero-order valence-electron chi connectivity index (χ0n) is 12.2. The van der Waals surface area contributed by atoms with Crippen molar-refractivity contribution in [3.05, 3.63) is 26.8 Å². The van der Waals surface area contributed by atoms with Crippen LogP contribution in [0.25, 0.3) is 0 Å². The van der Waals surface area contributed by atoms with E-state index in [0.29, 0.717) is 5.02 Å². The lowest BCUT2D eigenvalue weighted by atomic mass is 9.94. The number of halogens is 2. The Morgan fingerprint density at radius 1 is 1.43 bits per heavy atom. The Hall–Kier alpha value is -0.820. The predicted octanol–water partition coefficient (Wildman–Crippen LogP) is 3.21. The Morgan fingerprint density at radius 2 is 2.10 bits per heavy atom. The molecule has 0 radical (unpaired) electrons. The minimum Gasteiger partial charge on any atom is -0.342 e. The van der Waals surface area contributed by atoms with Gasteiger partial charge in [-0.2, -0.15) is 0 Å². The Bertz CT molecular complexity index is 579. The minimum absolute atomic E-state index is 0.0586. The number of amides is 2. The molecule has 1 aliphatic heterocycles. The molecule has 2 rings (SSSR count). The van der Waals surface area contributed by atoms with E-state index >= 15 is 0 Å². The van der Waals surface area contributed by atoms with Gasteiger partial charge in [-0.1, -0.05) is 31.9 Å². The molecule has 0 bridgehead atoms. The van der Waals surface area contributed by atoms with E-state index in [1.165, 1.54) is 0 Å². The van der Waals surface area contributed by atoms with Gasteiger partial charge in [0.25, 0.3) is 5.91 Å². The van der Waals surface area contributed by atoms with Crippen LogP contribution < -0.4 is 10.2 Å². The first-order chi connectivity index (χ1) is 9.86. The maximum absolute atomic E-state index is 12.8. The van der Waals surface area contributed by atoms with Gasteiger partial charge in [0.05, 0.1) is 5.69 Å². The molecule has 1 aromatic carbocycles. The van der Waals surface area contributed by atoms with Crippen molar-refractivity contribution in [3.8, 4) is 0 Å². The highest BCUT2D eigenvalue weighted by Crippen LogP contribution is 2.30. The third-order valence-electron chi connectivity index (χ3n) is 3.95. The smallest absolute Gasteiger partial charge is 0.250 e. The lowest BCUT2D eigenvalue weighted by Crippen LogP contribution is -2.64. The third kappa shape index (κ3) is 3.18. The molecule has 6 heteroatoms. The molecule has 2 amide bonds. The van der Waals surface area contributed by atoms with Crippen molar-refractivity contribution in [2.45, 2.75) is 39.3 Å². The number of benzene rings is 1. The Morgan fingerprint density at radius 3 is 2.67 bits per heavy atom. The molecule has 1 saturated heterocycles. The molecule has 0 aliphatic carbocycles. The van der Waals surface area contributed by atoms with Gasteiger partial charge in [-0.15, -0.1) is 0 Å². The number of piperazine rings is 1. The maximum atomic E-state index is 12.8. The summed E-state index contributed by atoms with van der Waals surface area (Å²) in [6.45, 7) is 5.73. The van der Waals surface area contributed by atoms with Crippen LogP contribution >= 0.6 is 34.2 Å². The van der Waals surface area contributed by atoms with Gasteiger partial charge >= 0.3 is 0 Å². The number of hydrogen-bond acceptors (Lipinski definition) is 2. The molecule has 114 valence electrons. The van der Waals surface area contributed by atoms with Crippen molar-refractivity contribution in [2.75, 3.05) is 4.90 Å². The van der Waals surface area contributed by atoms with Gasteiger partial charge in [-0.05, 0) is 53.6 Å². The van der Waals surface area contributed by atoms with Crippen molar-refractivity contribution < 1.29 is 9.59 Å². The zero-order valence-corrected chi connectivity index (χ0v) is 15.1. The number of hydrogen-bond donors (Lipinski definition) is 1. The highest BCUT2D eigenvalue weighted by molar-refractivity contribution is 14.1. The molecular formula is C15H18ClIN2O2. The summed E-state index contributed by atoms with van der Waals surface area (Å²) in [7, 11) is 0. The standard InChI is InChI=1S/C15H18ClIN2O2/c1-4-8(2)13-15(21)19(9(3)14(20)18-13)12-6-5-10(16)7-11(12)17/h5-9,13H,4H2,1-3H3,(H,18,20). The molecule has 1 heterocycles. The van der Waals surface area contributed by atoms with Gasteiger partial charge < -0.3 is 5.32 Å². The Kier molecular flexibility index (Phi) is 5.14.